The maximum atomic E-state index is 11.9. The lowest BCUT2D eigenvalue weighted by molar-refractivity contribution is -0.136. The van der Waals surface area contributed by atoms with Crippen molar-refractivity contribution in [2.24, 2.45) is 0 Å². The molecule has 82 valence electrons. The molecule has 0 unspecified atom stereocenters. The van der Waals surface area contributed by atoms with Crippen LogP contribution in [0.1, 0.15) is 18.4 Å². The molecule has 2 heterocycles. The first kappa shape index (κ1) is 9.39. The van der Waals surface area contributed by atoms with Crippen molar-refractivity contribution in [3.8, 4) is 5.75 Å². The summed E-state index contributed by atoms with van der Waals surface area (Å²) in [5, 5.41) is 0. The van der Waals surface area contributed by atoms with E-state index in [9.17, 15) is 9.59 Å². The van der Waals surface area contributed by atoms with Gasteiger partial charge in [0.05, 0.1) is 12.1 Å². The average Bonchev–Trinajstić information content (AvgIpc) is 2.69. The summed E-state index contributed by atoms with van der Waals surface area (Å²) in [6.45, 7) is 0.697. The number of nitrogens with zero attached hydrogens (tertiary/aromatic N) is 1. The molecule has 4 heteroatoms. The van der Waals surface area contributed by atoms with Gasteiger partial charge in [-0.25, -0.2) is 0 Å². The Hall–Kier alpha value is -1.84. The summed E-state index contributed by atoms with van der Waals surface area (Å²) in [5.74, 6) is 0.212. The Labute approximate surface area is 92.8 Å². The van der Waals surface area contributed by atoms with Crippen LogP contribution in [-0.2, 0) is 16.0 Å². The molecule has 3 rings (SSSR count). The highest BCUT2D eigenvalue weighted by molar-refractivity contribution is 6.00. The van der Waals surface area contributed by atoms with Crippen LogP contribution in [-0.4, -0.2) is 18.4 Å². The molecule has 0 N–H and O–H groups in total. The Morgan fingerprint density at radius 1 is 1.12 bits per heavy atom. The summed E-state index contributed by atoms with van der Waals surface area (Å²) >= 11 is 0. The van der Waals surface area contributed by atoms with Gasteiger partial charge >= 0.3 is 5.97 Å². The maximum absolute atomic E-state index is 11.9. The molecule has 4 nitrogen and oxygen atoms in total. The topological polar surface area (TPSA) is 46.6 Å². The number of rotatable bonds is 0. The van der Waals surface area contributed by atoms with E-state index in [0.29, 0.717) is 12.3 Å². The lowest BCUT2D eigenvalue weighted by atomic mass is 10.1. The molecule has 0 saturated carbocycles. The van der Waals surface area contributed by atoms with E-state index in [1.807, 2.05) is 12.1 Å². The Balaban J connectivity index is 2.15. The zero-order valence-electron chi connectivity index (χ0n) is 8.73. The number of hydrogen-bond donors (Lipinski definition) is 0. The standard InChI is InChI=1S/C12H11NO3/c14-10-4-5-11(15)16-9-3-1-2-8-6-7-13(10)12(8)9/h1-3H,4-7H2. The molecule has 0 fully saturated rings. The molecular weight excluding hydrogens is 206 g/mol. The zero-order valence-corrected chi connectivity index (χ0v) is 8.73. The van der Waals surface area contributed by atoms with Gasteiger partial charge in [0.15, 0.2) is 5.75 Å². The van der Waals surface area contributed by atoms with Gasteiger partial charge in [0.2, 0.25) is 5.91 Å². The normalized spacial score (nSPS) is 18.9. The monoisotopic (exact) mass is 217 g/mol. The van der Waals surface area contributed by atoms with Crippen molar-refractivity contribution in [1.29, 1.82) is 0 Å². The molecule has 1 amide bonds. The second kappa shape index (κ2) is 3.33. The fraction of sp³-hybridized carbons (Fsp3) is 0.333. The highest BCUT2D eigenvalue weighted by Crippen LogP contribution is 2.38. The number of benzene rings is 1. The molecule has 1 aromatic rings. The van der Waals surface area contributed by atoms with Crippen LogP contribution in [0.25, 0.3) is 0 Å². The molecule has 0 spiro atoms. The summed E-state index contributed by atoms with van der Waals surface area (Å²) in [7, 11) is 0. The minimum atomic E-state index is -0.326. The molecule has 0 atom stereocenters. The van der Waals surface area contributed by atoms with E-state index < -0.39 is 0 Å². The minimum Gasteiger partial charge on any atom is -0.424 e. The molecule has 0 aromatic heterocycles. The van der Waals surface area contributed by atoms with E-state index in [-0.39, 0.29) is 24.7 Å². The second-order valence-corrected chi connectivity index (χ2v) is 4.03. The number of ether oxygens (including phenoxy) is 1. The van der Waals surface area contributed by atoms with E-state index in [1.54, 1.807) is 11.0 Å². The number of hydrogen-bond acceptors (Lipinski definition) is 3. The van der Waals surface area contributed by atoms with Gasteiger partial charge < -0.3 is 9.64 Å². The number of esters is 1. The molecule has 2 aliphatic rings. The van der Waals surface area contributed by atoms with E-state index in [2.05, 4.69) is 0 Å². The fourth-order valence-electron chi connectivity index (χ4n) is 2.27. The zero-order chi connectivity index (χ0) is 11.1. The summed E-state index contributed by atoms with van der Waals surface area (Å²) < 4.78 is 5.24. The highest BCUT2D eigenvalue weighted by atomic mass is 16.5. The lowest BCUT2D eigenvalue weighted by Gasteiger charge is -2.22. The van der Waals surface area contributed by atoms with Crippen molar-refractivity contribution in [1.82, 2.24) is 0 Å². The Kier molecular flexibility index (Phi) is 1.96. The van der Waals surface area contributed by atoms with Crippen molar-refractivity contribution in [2.75, 3.05) is 11.4 Å². The van der Waals surface area contributed by atoms with Gasteiger partial charge in [0, 0.05) is 13.0 Å². The Morgan fingerprint density at radius 2 is 2.00 bits per heavy atom. The van der Waals surface area contributed by atoms with E-state index in [4.69, 9.17) is 4.74 Å². The molecule has 16 heavy (non-hydrogen) atoms. The molecule has 1 aromatic carbocycles. The van der Waals surface area contributed by atoms with Crippen LogP contribution >= 0.6 is 0 Å². The van der Waals surface area contributed by atoms with Crippen LogP contribution in [0.2, 0.25) is 0 Å². The molecule has 0 bridgehead atoms. The van der Waals surface area contributed by atoms with Crippen molar-refractivity contribution in [3.05, 3.63) is 23.8 Å². The molecule has 0 saturated heterocycles. The third-order valence-electron chi connectivity index (χ3n) is 3.03. The summed E-state index contributed by atoms with van der Waals surface area (Å²) in [6, 6.07) is 5.58. The van der Waals surface area contributed by atoms with Crippen LogP contribution in [0, 0.1) is 0 Å². The van der Waals surface area contributed by atoms with Gasteiger partial charge in [-0.05, 0) is 18.1 Å². The van der Waals surface area contributed by atoms with Gasteiger partial charge in [-0.2, -0.15) is 0 Å². The third-order valence-corrected chi connectivity index (χ3v) is 3.03. The average molecular weight is 217 g/mol. The van der Waals surface area contributed by atoms with Crippen LogP contribution < -0.4 is 9.64 Å². The Morgan fingerprint density at radius 3 is 2.88 bits per heavy atom. The van der Waals surface area contributed by atoms with Gasteiger partial charge in [-0.3, -0.25) is 9.59 Å². The third kappa shape index (κ3) is 1.30. The van der Waals surface area contributed by atoms with Crippen molar-refractivity contribution >= 4 is 17.6 Å². The second-order valence-electron chi connectivity index (χ2n) is 4.03. The number of amides is 1. The molecule has 2 aliphatic heterocycles. The largest absolute Gasteiger partial charge is 0.424 e. The van der Waals surface area contributed by atoms with Gasteiger partial charge in [0.25, 0.3) is 0 Å². The number of carbonyl (C=O) groups excluding carboxylic acids is 2. The minimum absolute atomic E-state index is 0.0165. The molecule has 0 radical (unpaired) electrons. The van der Waals surface area contributed by atoms with Crippen molar-refractivity contribution < 1.29 is 14.3 Å². The summed E-state index contributed by atoms with van der Waals surface area (Å²) in [5.41, 5.74) is 1.88. The van der Waals surface area contributed by atoms with E-state index in [1.165, 1.54) is 0 Å². The predicted octanol–water partition coefficient (Wildman–Crippen LogP) is 1.27. The first-order valence-corrected chi connectivity index (χ1v) is 5.38. The van der Waals surface area contributed by atoms with Crippen LogP contribution in [0.4, 0.5) is 5.69 Å². The number of anilines is 1. The quantitative estimate of drug-likeness (QED) is 0.485. The SMILES string of the molecule is O=C1CCC(=O)N2CCc3cccc(c32)O1. The summed E-state index contributed by atoms with van der Waals surface area (Å²) in [4.78, 5) is 25.0. The predicted molar refractivity (Wildman–Crippen MR) is 57.4 cm³/mol. The van der Waals surface area contributed by atoms with Crippen LogP contribution in [0.5, 0.6) is 5.75 Å². The smallest absolute Gasteiger partial charge is 0.311 e. The Bertz CT molecular complexity index is 481. The molecular formula is C12H11NO3. The van der Waals surface area contributed by atoms with Gasteiger partial charge in [0.1, 0.15) is 0 Å². The fourth-order valence-corrected chi connectivity index (χ4v) is 2.27. The van der Waals surface area contributed by atoms with Gasteiger partial charge in [-0.15, -0.1) is 0 Å². The van der Waals surface area contributed by atoms with Crippen molar-refractivity contribution in [2.45, 2.75) is 19.3 Å². The van der Waals surface area contributed by atoms with Crippen molar-refractivity contribution in [3.63, 3.8) is 0 Å². The first-order valence-electron chi connectivity index (χ1n) is 5.38. The maximum Gasteiger partial charge on any atom is 0.311 e. The first-order chi connectivity index (χ1) is 7.75. The summed E-state index contributed by atoms with van der Waals surface area (Å²) in [6.07, 6.45) is 1.25. The lowest BCUT2D eigenvalue weighted by Crippen LogP contribution is -2.31. The molecule has 0 aliphatic carbocycles. The van der Waals surface area contributed by atoms with Crippen LogP contribution in [0.15, 0.2) is 18.2 Å². The number of para-hydroxylation sites is 1. The number of carbonyl (C=O) groups is 2. The van der Waals surface area contributed by atoms with Gasteiger partial charge in [-0.1, -0.05) is 12.1 Å². The highest BCUT2D eigenvalue weighted by Gasteiger charge is 2.30. The van der Waals surface area contributed by atoms with E-state index in [0.717, 1.165) is 17.7 Å². The van der Waals surface area contributed by atoms with Crippen LogP contribution in [0.3, 0.4) is 0 Å². The van der Waals surface area contributed by atoms with E-state index >= 15 is 0 Å².